The molecule has 1 nitrogen and oxygen atoms in total. The van der Waals surface area contributed by atoms with Crippen LogP contribution in [0.5, 0.6) is 0 Å². The fourth-order valence-electron chi connectivity index (χ4n) is 8.27. The molecule has 0 N–H and O–H groups in total. The van der Waals surface area contributed by atoms with Crippen molar-refractivity contribution in [2.45, 2.75) is 0 Å². The van der Waals surface area contributed by atoms with Crippen molar-refractivity contribution >= 4 is 49.4 Å². The fraction of sp³-hybridized carbons (Fsp3) is 0. The standard InChI is InChI=1S/C54H37N/c1-3-14-38(15-4-1)39-26-32-44(33-27-39)55(45-34-28-41(29-35-45)48-25-13-19-40-16-7-8-20-47(40)48)46-36-30-43(31-37-46)54-52-24-12-10-22-50(52)49-21-9-11-23-51(49)53(54)42-17-5-2-6-18-42/h1-37H. The summed E-state index contributed by atoms with van der Waals surface area (Å²) in [7, 11) is 0. The van der Waals surface area contributed by atoms with Gasteiger partial charge < -0.3 is 4.90 Å². The SMILES string of the molecule is c1ccc(-c2ccc(N(c3ccc(-c4cccc5ccccc45)cc3)c3ccc(-c4c(-c5ccccc5)c5ccccc5c5ccccc45)cc3)cc2)cc1. The molecule has 0 aliphatic rings. The highest BCUT2D eigenvalue weighted by Crippen LogP contribution is 2.45. The number of hydrogen-bond acceptors (Lipinski definition) is 1. The van der Waals surface area contributed by atoms with Crippen LogP contribution in [0.2, 0.25) is 0 Å². The second-order valence-electron chi connectivity index (χ2n) is 14.1. The van der Waals surface area contributed by atoms with Crippen molar-refractivity contribution in [3.8, 4) is 44.5 Å². The minimum absolute atomic E-state index is 1.10. The molecule has 0 fully saturated rings. The minimum Gasteiger partial charge on any atom is -0.311 e. The van der Waals surface area contributed by atoms with Crippen molar-refractivity contribution < 1.29 is 0 Å². The van der Waals surface area contributed by atoms with Crippen molar-refractivity contribution in [3.63, 3.8) is 0 Å². The molecule has 0 saturated heterocycles. The van der Waals surface area contributed by atoms with Gasteiger partial charge in [0, 0.05) is 17.1 Å². The molecule has 0 amide bonds. The molecular weight excluding hydrogens is 663 g/mol. The van der Waals surface area contributed by atoms with Crippen LogP contribution in [0.1, 0.15) is 0 Å². The van der Waals surface area contributed by atoms with Crippen molar-refractivity contribution in [3.05, 3.63) is 224 Å². The van der Waals surface area contributed by atoms with Crippen LogP contribution in [0.25, 0.3) is 76.8 Å². The summed E-state index contributed by atoms with van der Waals surface area (Å²) in [6.07, 6.45) is 0. The van der Waals surface area contributed by atoms with Crippen LogP contribution < -0.4 is 4.90 Å². The van der Waals surface area contributed by atoms with Gasteiger partial charge in [0.2, 0.25) is 0 Å². The van der Waals surface area contributed by atoms with Gasteiger partial charge in [-0.1, -0.05) is 188 Å². The summed E-state index contributed by atoms with van der Waals surface area (Å²) in [6, 6.07) is 81.3. The van der Waals surface area contributed by atoms with Gasteiger partial charge in [-0.15, -0.1) is 0 Å². The smallest absolute Gasteiger partial charge is 0.0462 e. The van der Waals surface area contributed by atoms with Crippen LogP contribution in [0.15, 0.2) is 224 Å². The lowest BCUT2D eigenvalue weighted by Crippen LogP contribution is -2.09. The van der Waals surface area contributed by atoms with Crippen molar-refractivity contribution in [2.75, 3.05) is 4.90 Å². The fourth-order valence-corrected chi connectivity index (χ4v) is 8.27. The molecule has 1 heteroatoms. The third kappa shape index (κ3) is 5.93. The Bertz CT molecular complexity index is 2920. The summed E-state index contributed by atoms with van der Waals surface area (Å²) in [5.74, 6) is 0. The molecule has 0 unspecified atom stereocenters. The normalized spacial score (nSPS) is 11.3. The molecule has 10 aromatic rings. The largest absolute Gasteiger partial charge is 0.311 e. The summed E-state index contributed by atoms with van der Waals surface area (Å²) >= 11 is 0. The topological polar surface area (TPSA) is 3.24 Å². The molecule has 55 heavy (non-hydrogen) atoms. The van der Waals surface area contributed by atoms with E-state index < -0.39 is 0 Å². The van der Waals surface area contributed by atoms with Crippen LogP contribution in [0, 0.1) is 0 Å². The molecule has 0 aliphatic heterocycles. The first kappa shape index (κ1) is 32.4. The summed E-state index contributed by atoms with van der Waals surface area (Å²) in [5.41, 5.74) is 13.1. The minimum atomic E-state index is 1.10. The van der Waals surface area contributed by atoms with Crippen molar-refractivity contribution in [1.29, 1.82) is 0 Å². The number of anilines is 3. The van der Waals surface area contributed by atoms with Gasteiger partial charge in [-0.3, -0.25) is 0 Å². The third-order valence-electron chi connectivity index (χ3n) is 10.9. The number of nitrogens with zero attached hydrogens (tertiary/aromatic N) is 1. The number of fused-ring (bicyclic) bond motifs is 4. The average molecular weight is 700 g/mol. The Morgan fingerprint density at radius 1 is 0.218 bits per heavy atom. The molecule has 0 atom stereocenters. The van der Waals surface area contributed by atoms with E-state index in [9.17, 15) is 0 Å². The van der Waals surface area contributed by atoms with Gasteiger partial charge >= 0.3 is 0 Å². The van der Waals surface area contributed by atoms with E-state index in [-0.39, 0.29) is 0 Å². The van der Waals surface area contributed by atoms with Gasteiger partial charge in [-0.2, -0.15) is 0 Å². The van der Waals surface area contributed by atoms with Crippen molar-refractivity contribution in [1.82, 2.24) is 0 Å². The van der Waals surface area contributed by atoms with Gasteiger partial charge in [0.05, 0.1) is 0 Å². The first-order valence-corrected chi connectivity index (χ1v) is 18.9. The van der Waals surface area contributed by atoms with E-state index in [1.54, 1.807) is 0 Å². The molecular formula is C54H37N. The Labute approximate surface area is 322 Å². The Hall–Kier alpha value is -7.22. The number of hydrogen-bond donors (Lipinski definition) is 0. The van der Waals surface area contributed by atoms with E-state index in [0.29, 0.717) is 0 Å². The highest BCUT2D eigenvalue weighted by Gasteiger charge is 2.19. The number of benzene rings is 10. The van der Waals surface area contributed by atoms with Crippen LogP contribution in [0.4, 0.5) is 17.1 Å². The van der Waals surface area contributed by atoms with Crippen LogP contribution in [-0.2, 0) is 0 Å². The molecule has 0 heterocycles. The Balaban J connectivity index is 1.11. The summed E-state index contributed by atoms with van der Waals surface area (Å²) in [6.45, 7) is 0. The van der Waals surface area contributed by atoms with Gasteiger partial charge in [-0.25, -0.2) is 0 Å². The van der Waals surface area contributed by atoms with E-state index in [1.165, 1.54) is 76.8 Å². The first-order valence-electron chi connectivity index (χ1n) is 18.9. The lowest BCUT2D eigenvalue weighted by molar-refractivity contribution is 1.28. The zero-order valence-electron chi connectivity index (χ0n) is 30.3. The second-order valence-corrected chi connectivity index (χ2v) is 14.1. The quantitative estimate of drug-likeness (QED) is 0.150. The average Bonchev–Trinajstić information content (AvgIpc) is 3.27. The molecule has 0 saturated carbocycles. The summed E-state index contributed by atoms with van der Waals surface area (Å²) in [4.78, 5) is 2.36. The molecule has 0 bridgehead atoms. The first-order chi connectivity index (χ1) is 27.3. The zero-order valence-corrected chi connectivity index (χ0v) is 30.3. The van der Waals surface area contributed by atoms with Crippen LogP contribution in [0.3, 0.4) is 0 Å². The monoisotopic (exact) mass is 699 g/mol. The third-order valence-corrected chi connectivity index (χ3v) is 10.9. The van der Waals surface area contributed by atoms with Crippen molar-refractivity contribution in [2.24, 2.45) is 0 Å². The van der Waals surface area contributed by atoms with Gasteiger partial charge in [0.15, 0.2) is 0 Å². The highest BCUT2D eigenvalue weighted by molar-refractivity contribution is 6.21. The molecule has 0 spiro atoms. The van der Waals surface area contributed by atoms with Gasteiger partial charge in [0.25, 0.3) is 0 Å². The van der Waals surface area contributed by atoms with Crippen LogP contribution >= 0.6 is 0 Å². The number of rotatable bonds is 7. The summed E-state index contributed by atoms with van der Waals surface area (Å²) < 4.78 is 0. The maximum Gasteiger partial charge on any atom is 0.0462 e. The molecule has 0 radical (unpaired) electrons. The summed E-state index contributed by atoms with van der Waals surface area (Å²) in [5, 5.41) is 7.57. The predicted octanol–water partition coefficient (Wildman–Crippen LogP) is 15.3. The molecule has 10 aromatic carbocycles. The Morgan fingerprint density at radius 2 is 0.582 bits per heavy atom. The molecule has 0 aromatic heterocycles. The lowest BCUT2D eigenvalue weighted by Gasteiger charge is -2.26. The maximum atomic E-state index is 2.36. The maximum absolute atomic E-state index is 2.36. The van der Waals surface area contributed by atoms with E-state index in [4.69, 9.17) is 0 Å². The van der Waals surface area contributed by atoms with Gasteiger partial charge in [0.1, 0.15) is 0 Å². The predicted molar refractivity (Wildman–Crippen MR) is 235 cm³/mol. The molecule has 0 aliphatic carbocycles. The van der Waals surface area contributed by atoms with E-state index in [0.717, 1.165) is 17.1 Å². The van der Waals surface area contributed by atoms with Crippen LogP contribution in [-0.4, -0.2) is 0 Å². The Morgan fingerprint density at radius 3 is 1.13 bits per heavy atom. The highest BCUT2D eigenvalue weighted by atomic mass is 15.1. The second kappa shape index (κ2) is 14.0. The molecule has 258 valence electrons. The van der Waals surface area contributed by atoms with E-state index in [2.05, 4.69) is 229 Å². The molecule has 10 rings (SSSR count). The van der Waals surface area contributed by atoms with Gasteiger partial charge in [-0.05, 0) is 113 Å². The lowest BCUT2D eigenvalue weighted by atomic mass is 9.85. The Kier molecular flexibility index (Phi) is 8.24. The van der Waals surface area contributed by atoms with E-state index >= 15 is 0 Å². The van der Waals surface area contributed by atoms with E-state index in [1.807, 2.05) is 0 Å². The zero-order chi connectivity index (χ0) is 36.6.